The van der Waals surface area contributed by atoms with Gasteiger partial charge in [0.15, 0.2) is 0 Å². The molecule has 1 heterocycles. The van der Waals surface area contributed by atoms with Crippen molar-refractivity contribution in [2.75, 3.05) is 4.90 Å². The Labute approximate surface area is 380 Å². The number of benzene rings is 9. The van der Waals surface area contributed by atoms with Gasteiger partial charge in [0.25, 0.3) is 0 Å². The van der Waals surface area contributed by atoms with Crippen LogP contribution in [-0.2, 0) is 21.7 Å². The van der Waals surface area contributed by atoms with Gasteiger partial charge in [-0.1, -0.05) is 180 Å². The van der Waals surface area contributed by atoms with Gasteiger partial charge >= 0.3 is 0 Å². The van der Waals surface area contributed by atoms with E-state index in [0.717, 1.165) is 17.1 Å². The maximum Gasteiger partial charge on any atom is 0.0541 e. The highest BCUT2D eigenvalue weighted by atomic mass is 15.1. The number of hydrogen-bond donors (Lipinski definition) is 0. The topological polar surface area (TPSA) is 8.17 Å². The maximum absolute atomic E-state index is 2.53. The molecule has 0 saturated heterocycles. The lowest BCUT2D eigenvalue weighted by Crippen LogP contribution is -2.15. The van der Waals surface area contributed by atoms with Gasteiger partial charge in [-0.3, -0.25) is 0 Å². The molecule has 64 heavy (non-hydrogen) atoms. The highest BCUT2D eigenvalue weighted by Crippen LogP contribution is 2.48. The van der Waals surface area contributed by atoms with Crippen LogP contribution in [0.5, 0.6) is 0 Å². The van der Waals surface area contributed by atoms with E-state index < -0.39 is 0 Å². The Bertz CT molecular complexity index is 3320. The third-order valence-electron chi connectivity index (χ3n) is 13.7. The van der Waals surface area contributed by atoms with Crippen molar-refractivity contribution in [3.8, 4) is 16.8 Å². The van der Waals surface area contributed by atoms with E-state index in [1.165, 1.54) is 93.2 Å². The number of fused-ring (bicyclic) bond motifs is 3. The zero-order valence-corrected chi connectivity index (χ0v) is 39.9. The van der Waals surface area contributed by atoms with E-state index in [1.54, 1.807) is 0 Å². The Morgan fingerprint density at radius 1 is 0.375 bits per heavy atom. The summed E-state index contributed by atoms with van der Waals surface area (Å²) in [6.45, 7) is 27.7. The van der Waals surface area contributed by atoms with E-state index >= 15 is 0 Å². The smallest absolute Gasteiger partial charge is 0.0541 e. The van der Waals surface area contributed by atoms with Crippen LogP contribution in [0.1, 0.15) is 105 Å². The van der Waals surface area contributed by atoms with E-state index in [0.29, 0.717) is 0 Å². The largest absolute Gasteiger partial charge is 0.310 e. The summed E-state index contributed by atoms with van der Waals surface area (Å²) in [5, 5.41) is 10.2. The predicted molar refractivity (Wildman–Crippen MR) is 279 cm³/mol. The Kier molecular flexibility index (Phi) is 9.48. The second-order valence-corrected chi connectivity index (χ2v) is 22.4. The Morgan fingerprint density at radius 3 is 1.45 bits per heavy atom. The molecule has 0 aliphatic rings. The number of hydrogen-bond acceptors (Lipinski definition) is 1. The van der Waals surface area contributed by atoms with Crippen molar-refractivity contribution in [1.29, 1.82) is 0 Å². The normalized spacial score (nSPS) is 13.0. The van der Waals surface area contributed by atoms with Gasteiger partial charge in [-0.15, -0.1) is 0 Å². The Hall–Kier alpha value is -6.38. The van der Waals surface area contributed by atoms with E-state index in [9.17, 15) is 0 Å². The highest BCUT2D eigenvalue weighted by molar-refractivity contribution is 6.27. The van der Waals surface area contributed by atoms with Gasteiger partial charge in [0, 0.05) is 32.9 Å². The summed E-state index contributed by atoms with van der Waals surface area (Å²) in [5.41, 5.74) is 15.1. The minimum Gasteiger partial charge on any atom is -0.310 e. The number of aromatic nitrogens is 1. The van der Waals surface area contributed by atoms with Crippen LogP contribution < -0.4 is 4.90 Å². The number of anilines is 3. The molecule has 10 aromatic rings. The Balaban J connectivity index is 1.22. The minimum atomic E-state index is -0.0427. The first-order chi connectivity index (χ1) is 30.3. The van der Waals surface area contributed by atoms with Crippen molar-refractivity contribution in [3.63, 3.8) is 0 Å². The molecule has 0 fully saturated rings. The van der Waals surface area contributed by atoms with Crippen molar-refractivity contribution >= 4 is 71.2 Å². The molecule has 0 N–H and O–H groups in total. The molecule has 0 saturated carbocycles. The van der Waals surface area contributed by atoms with Gasteiger partial charge < -0.3 is 9.47 Å². The van der Waals surface area contributed by atoms with Gasteiger partial charge in [-0.05, 0) is 137 Å². The standard InChI is InChI=1S/C62H62N2/c1-59(2,3)42-24-18-39(19-25-42)49-38-46(28-31-52(49)62(10,11)12)63(45-16-14-13-15-17-45)53-32-22-40-21-30-48-54(33-23-41-20-29-47(53)57(40)58(41)48)64-55-34-26-43(60(4,5)6)36-50(55)51-37-44(61(7,8)9)27-35-56(51)64/h13-38H,1-12H3. The fraction of sp³-hybridized carbons (Fsp3) is 0.258. The predicted octanol–water partition coefficient (Wildman–Crippen LogP) is 18.0. The lowest BCUT2D eigenvalue weighted by molar-refractivity contribution is 0.589. The first kappa shape index (κ1) is 41.6. The molecule has 9 aromatic carbocycles. The third-order valence-corrected chi connectivity index (χ3v) is 13.7. The zero-order valence-electron chi connectivity index (χ0n) is 39.9. The summed E-state index contributed by atoms with van der Waals surface area (Å²) in [5.74, 6) is 0. The van der Waals surface area contributed by atoms with Gasteiger partial charge in [-0.25, -0.2) is 0 Å². The zero-order chi connectivity index (χ0) is 45.1. The molecule has 0 aliphatic carbocycles. The van der Waals surface area contributed by atoms with Crippen LogP contribution in [0, 0.1) is 0 Å². The van der Waals surface area contributed by atoms with Gasteiger partial charge in [0.05, 0.1) is 22.4 Å². The summed E-state index contributed by atoms with van der Waals surface area (Å²) >= 11 is 0. The molecule has 320 valence electrons. The average molecular weight is 835 g/mol. The first-order valence-corrected chi connectivity index (χ1v) is 23.2. The molecular weight excluding hydrogens is 773 g/mol. The monoisotopic (exact) mass is 834 g/mol. The fourth-order valence-corrected chi connectivity index (χ4v) is 10.1. The lowest BCUT2D eigenvalue weighted by atomic mass is 9.80. The van der Waals surface area contributed by atoms with Crippen molar-refractivity contribution < 1.29 is 0 Å². The van der Waals surface area contributed by atoms with E-state index in [-0.39, 0.29) is 21.7 Å². The lowest BCUT2D eigenvalue weighted by Gasteiger charge is -2.30. The van der Waals surface area contributed by atoms with Crippen molar-refractivity contribution in [1.82, 2.24) is 4.57 Å². The third kappa shape index (κ3) is 6.94. The van der Waals surface area contributed by atoms with Gasteiger partial charge in [0.1, 0.15) is 0 Å². The molecule has 1 aromatic heterocycles. The van der Waals surface area contributed by atoms with Crippen molar-refractivity contribution in [2.24, 2.45) is 0 Å². The first-order valence-electron chi connectivity index (χ1n) is 23.2. The van der Waals surface area contributed by atoms with Crippen molar-refractivity contribution in [3.05, 3.63) is 180 Å². The molecule has 0 amide bonds. The van der Waals surface area contributed by atoms with Crippen LogP contribution in [0.25, 0.3) is 70.9 Å². The molecule has 0 radical (unpaired) electrons. The summed E-state index contributed by atoms with van der Waals surface area (Å²) in [7, 11) is 0. The minimum absolute atomic E-state index is 0.0382. The molecule has 0 bridgehead atoms. The van der Waals surface area contributed by atoms with Crippen molar-refractivity contribution in [2.45, 2.75) is 105 Å². The van der Waals surface area contributed by atoms with Crippen LogP contribution in [0.3, 0.4) is 0 Å². The Morgan fingerprint density at radius 2 is 0.891 bits per heavy atom. The number of para-hydroxylation sites is 1. The molecule has 0 aliphatic heterocycles. The van der Waals surface area contributed by atoms with Crippen LogP contribution >= 0.6 is 0 Å². The summed E-state index contributed by atoms with van der Waals surface area (Å²) in [6, 6.07) is 60.3. The average Bonchev–Trinajstić information content (AvgIpc) is 3.58. The number of nitrogens with zero attached hydrogens (tertiary/aromatic N) is 2. The summed E-state index contributed by atoms with van der Waals surface area (Å²) < 4.78 is 2.53. The number of rotatable bonds is 5. The second kappa shape index (κ2) is 14.6. The molecule has 0 spiro atoms. The molecule has 0 unspecified atom stereocenters. The van der Waals surface area contributed by atoms with Crippen LogP contribution in [0.2, 0.25) is 0 Å². The quantitative estimate of drug-likeness (QED) is 0.157. The van der Waals surface area contributed by atoms with Crippen LogP contribution in [-0.4, -0.2) is 4.57 Å². The fourth-order valence-electron chi connectivity index (χ4n) is 10.1. The van der Waals surface area contributed by atoms with Gasteiger partial charge in [0.2, 0.25) is 0 Å². The van der Waals surface area contributed by atoms with E-state index in [4.69, 9.17) is 0 Å². The van der Waals surface area contributed by atoms with E-state index in [2.05, 4.69) is 250 Å². The maximum atomic E-state index is 2.53. The van der Waals surface area contributed by atoms with Gasteiger partial charge in [-0.2, -0.15) is 0 Å². The molecule has 2 heteroatoms. The molecule has 0 atom stereocenters. The van der Waals surface area contributed by atoms with Crippen LogP contribution in [0.15, 0.2) is 158 Å². The van der Waals surface area contributed by atoms with Crippen LogP contribution in [0.4, 0.5) is 17.1 Å². The molecule has 2 nitrogen and oxygen atoms in total. The van der Waals surface area contributed by atoms with E-state index in [1.807, 2.05) is 0 Å². The molecule has 10 rings (SSSR count). The molecular formula is C62H62N2. The summed E-state index contributed by atoms with van der Waals surface area (Å²) in [4.78, 5) is 2.47. The summed E-state index contributed by atoms with van der Waals surface area (Å²) in [6.07, 6.45) is 0. The SMILES string of the molecule is CC(C)(C)c1ccc(-c2cc(N(c3ccccc3)c3ccc4ccc5c(-n6c7ccc(C(C)(C)C)cc7c7cc(C(C)(C)C)ccc76)ccc6ccc3c4c65)ccc2C(C)(C)C)cc1. The second-order valence-electron chi connectivity index (χ2n) is 22.4. The highest BCUT2D eigenvalue weighted by Gasteiger charge is 2.26.